The first-order valence-corrected chi connectivity index (χ1v) is 8.62. The quantitative estimate of drug-likeness (QED) is 0.733. The van der Waals surface area contributed by atoms with Gasteiger partial charge in [0, 0.05) is 18.2 Å². The highest BCUT2D eigenvalue weighted by Gasteiger charge is 2.28. The lowest BCUT2D eigenvalue weighted by Gasteiger charge is -2.26. The second-order valence-corrected chi connectivity index (χ2v) is 6.37. The SMILES string of the molecule is CO/N=C1\CC(c2ccccc2-c2ccccc2)Cc2nc(N)ncc21. The minimum Gasteiger partial charge on any atom is -0.399 e. The minimum absolute atomic E-state index is 0.252. The van der Waals surface area contributed by atoms with Gasteiger partial charge in [-0.2, -0.15) is 0 Å². The number of hydrogen-bond acceptors (Lipinski definition) is 5. The molecular formula is C21H20N4O. The number of hydrogen-bond donors (Lipinski definition) is 1. The molecule has 1 aliphatic carbocycles. The standard InChI is InChI=1S/C21H20N4O/c1-26-25-20-12-15(11-19-18(20)13-23-21(22)24-19)17-10-6-5-9-16(17)14-7-3-2-4-8-14/h2-10,13,15H,11-12H2,1H3,(H2,22,23,24)/b25-20+. The van der Waals surface area contributed by atoms with Gasteiger partial charge in [-0.3, -0.25) is 0 Å². The zero-order valence-electron chi connectivity index (χ0n) is 14.6. The zero-order chi connectivity index (χ0) is 17.9. The monoisotopic (exact) mass is 344 g/mol. The average Bonchev–Trinajstić information content (AvgIpc) is 2.68. The molecule has 5 heteroatoms. The van der Waals surface area contributed by atoms with Gasteiger partial charge in [-0.1, -0.05) is 59.8 Å². The number of oxime groups is 1. The van der Waals surface area contributed by atoms with E-state index in [1.54, 1.807) is 13.3 Å². The molecule has 0 aliphatic heterocycles. The van der Waals surface area contributed by atoms with E-state index in [-0.39, 0.29) is 11.9 Å². The van der Waals surface area contributed by atoms with E-state index in [1.807, 2.05) is 6.07 Å². The third-order valence-corrected chi connectivity index (χ3v) is 4.76. The molecule has 1 aromatic heterocycles. The van der Waals surface area contributed by atoms with Crippen molar-refractivity contribution >= 4 is 11.7 Å². The van der Waals surface area contributed by atoms with Gasteiger partial charge in [0.05, 0.1) is 11.4 Å². The molecule has 1 heterocycles. The Hall–Kier alpha value is -3.21. The maximum atomic E-state index is 5.81. The van der Waals surface area contributed by atoms with Crippen LogP contribution in [0.2, 0.25) is 0 Å². The molecule has 130 valence electrons. The number of aromatic nitrogens is 2. The summed E-state index contributed by atoms with van der Waals surface area (Å²) in [6.45, 7) is 0. The highest BCUT2D eigenvalue weighted by atomic mass is 16.6. The van der Waals surface area contributed by atoms with E-state index in [1.165, 1.54) is 16.7 Å². The summed E-state index contributed by atoms with van der Waals surface area (Å²) < 4.78 is 0. The lowest BCUT2D eigenvalue weighted by atomic mass is 9.79. The Balaban J connectivity index is 1.79. The van der Waals surface area contributed by atoms with Crippen molar-refractivity contribution in [1.29, 1.82) is 0 Å². The van der Waals surface area contributed by atoms with E-state index in [2.05, 4.69) is 63.7 Å². The Morgan fingerprint density at radius 1 is 1.00 bits per heavy atom. The van der Waals surface area contributed by atoms with Gasteiger partial charge < -0.3 is 10.6 Å². The molecule has 0 bridgehead atoms. The van der Waals surface area contributed by atoms with Crippen LogP contribution < -0.4 is 5.73 Å². The fourth-order valence-electron chi connectivity index (χ4n) is 3.63. The smallest absolute Gasteiger partial charge is 0.220 e. The Labute approximate surface area is 152 Å². The Kier molecular flexibility index (Phi) is 4.35. The summed E-state index contributed by atoms with van der Waals surface area (Å²) in [5, 5.41) is 4.23. The van der Waals surface area contributed by atoms with Crippen molar-refractivity contribution in [2.45, 2.75) is 18.8 Å². The fourth-order valence-corrected chi connectivity index (χ4v) is 3.63. The van der Waals surface area contributed by atoms with Crippen LogP contribution in [0.4, 0.5) is 5.95 Å². The van der Waals surface area contributed by atoms with Crippen molar-refractivity contribution in [3.63, 3.8) is 0 Å². The summed E-state index contributed by atoms with van der Waals surface area (Å²) in [5.41, 5.74) is 12.3. The molecule has 26 heavy (non-hydrogen) atoms. The third kappa shape index (κ3) is 3.04. The van der Waals surface area contributed by atoms with E-state index in [0.29, 0.717) is 0 Å². The molecule has 0 amide bonds. The van der Waals surface area contributed by atoms with Crippen LogP contribution in [0.5, 0.6) is 0 Å². The van der Waals surface area contributed by atoms with Gasteiger partial charge in [-0.05, 0) is 29.0 Å². The van der Waals surface area contributed by atoms with Gasteiger partial charge in [0.15, 0.2) is 0 Å². The molecule has 1 atom stereocenters. The van der Waals surface area contributed by atoms with Crippen LogP contribution in [0.3, 0.4) is 0 Å². The normalized spacial score (nSPS) is 17.7. The Morgan fingerprint density at radius 2 is 1.77 bits per heavy atom. The molecule has 4 rings (SSSR count). The lowest BCUT2D eigenvalue weighted by molar-refractivity contribution is 0.212. The second-order valence-electron chi connectivity index (χ2n) is 6.37. The van der Waals surface area contributed by atoms with Gasteiger partial charge in [0.25, 0.3) is 0 Å². The van der Waals surface area contributed by atoms with E-state index in [4.69, 9.17) is 10.6 Å². The summed E-state index contributed by atoms with van der Waals surface area (Å²) in [5.74, 6) is 0.541. The van der Waals surface area contributed by atoms with Crippen molar-refractivity contribution in [2.75, 3.05) is 12.8 Å². The Bertz CT molecular complexity index is 953. The van der Waals surface area contributed by atoms with Crippen LogP contribution >= 0.6 is 0 Å². The summed E-state index contributed by atoms with van der Waals surface area (Å²) >= 11 is 0. The molecule has 0 saturated carbocycles. The van der Waals surface area contributed by atoms with Crippen LogP contribution in [0.1, 0.15) is 29.2 Å². The molecule has 1 aliphatic rings. The first kappa shape index (κ1) is 16.3. The first-order chi connectivity index (χ1) is 12.8. The number of nitrogens with zero attached hydrogens (tertiary/aromatic N) is 3. The van der Waals surface area contributed by atoms with Crippen LogP contribution in [0.15, 0.2) is 65.9 Å². The summed E-state index contributed by atoms with van der Waals surface area (Å²) in [7, 11) is 1.56. The molecule has 0 spiro atoms. The number of rotatable bonds is 3. The van der Waals surface area contributed by atoms with Crippen molar-refractivity contribution in [3.8, 4) is 11.1 Å². The maximum Gasteiger partial charge on any atom is 0.220 e. The van der Waals surface area contributed by atoms with E-state index in [9.17, 15) is 0 Å². The number of nitrogens with two attached hydrogens (primary N) is 1. The predicted molar refractivity (Wildman–Crippen MR) is 103 cm³/mol. The molecule has 1 unspecified atom stereocenters. The molecule has 3 aromatic rings. The first-order valence-electron chi connectivity index (χ1n) is 8.62. The largest absolute Gasteiger partial charge is 0.399 e. The molecule has 2 aromatic carbocycles. The van der Waals surface area contributed by atoms with Crippen LogP contribution in [-0.2, 0) is 11.3 Å². The van der Waals surface area contributed by atoms with Gasteiger partial charge in [0.2, 0.25) is 5.95 Å². The summed E-state index contributed by atoms with van der Waals surface area (Å²) in [4.78, 5) is 13.6. The maximum absolute atomic E-state index is 5.81. The number of fused-ring (bicyclic) bond motifs is 1. The average molecular weight is 344 g/mol. The topological polar surface area (TPSA) is 73.4 Å². The molecule has 0 fully saturated rings. The number of nitrogen functional groups attached to an aromatic ring is 1. The van der Waals surface area contributed by atoms with E-state index >= 15 is 0 Å². The highest BCUT2D eigenvalue weighted by Crippen LogP contribution is 2.37. The summed E-state index contributed by atoms with van der Waals surface area (Å²) in [6, 6.07) is 19.0. The zero-order valence-corrected chi connectivity index (χ0v) is 14.6. The van der Waals surface area contributed by atoms with Crippen LogP contribution in [0, 0.1) is 0 Å². The number of benzene rings is 2. The lowest BCUT2D eigenvalue weighted by Crippen LogP contribution is -2.22. The fraction of sp³-hybridized carbons (Fsp3) is 0.190. The number of anilines is 1. The van der Waals surface area contributed by atoms with Gasteiger partial charge in [0.1, 0.15) is 7.11 Å². The van der Waals surface area contributed by atoms with Gasteiger partial charge in [-0.15, -0.1) is 0 Å². The van der Waals surface area contributed by atoms with Crippen molar-refractivity contribution in [1.82, 2.24) is 9.97 Å². The highest BCUT2D eigenvalue weighted by molar-refractivity contribution is 6.02. The van der Waals surface area contributed by atoms with Crippen molar-refractivity contribution in [2.24, 2.45) is 5.16 Å². The van der Waals surface area contributed by atoms with Crippen LogP contribution in [0.25, 0.3) is 11.1 Å². The Morgan fingerprint density at radius 3 is 2.58 bits per heavy atom. The van der Waals surface area contributed by atoms with Crippen molar-refractivity contribution < 1.29 is 4.84 Å². The predicted octanol–water partition coefficient (Wildman–Crippen LogP) is 3.81. The van der Waals surface area contributed by atoms with Gasteiger partial charge >= 0.3 is 0 Å². The van der Waals surface area contributed by atoms with E-state index < -0.39 is 0 Å². The van der Waals surface area contributed by atoms with Gasteiger partial charge in [-0.25, -0.2) is 9.97 Å². The van der Waals surface area contributed by atoms with E-state index in [0.717, 1.165) is 29.8 Å². The third-order valence-electron chi connectivity index (χ3n) is 4.76. The second kappa shape index (κ2) is 6.96. The molecule has 0 radical (unpaired) electrons. The minimum atomic E-state index is 0.252. The summed E-state index contributed by atoms with van der Waals surface area (Å²) in [6.07, 6.45) is 3.32. The molecular weight excluding hydrogens is 324 g/mol. The molecule has 0 saturated heterocycles. The molecule has 2 N–H and O–H groups in total. The van der Waals surface area contributed by atoms with Crippen LogP contribution in [-0.4, -0.2) is 22.8 Å². The van der Waals surface area contributed by atoms with Crippen molar-refractivity contribution in [3.05, 3.63) is 77.6 Å². The molecule has 5 nitrogen and oxygen atoms in total.